The van der Waals surface area contributed by atoms with E-state index in [1.165, 1.54) is 18.7 Å². The lowest BCUT2D eigenvalue weighted by molar-refractivity contribution is -0.131. The Balaban J connectivity index is 1.24. The number of aromatic nitrogens is 5. The van der Waals surface area contributed by atoms with Crippen LogP contribution in [0.3, 0.4) is 0 Å². The zero-order chi connectivity index (χ0) is 33.1. The number of methoxy groups -OCH3 is 1. The molecule has 48 heavy (non-hydrogen) atoms. The van der Waals surface area contributed by atoms with Gasteiger partial charge in [-0.1, -0.05) is 96.7 Å². The molecule has 0 fully saturated rings. The van der Waals surface area contributed by atoms with Gasteiger partial charge >= 0.3 is 5.97 Å². The molecule has 0 unspecified atom stereocenters. The fraction of sp³-hybridized carbons (Fsp3) is 0.162. The number of rotatable bonds is 14. The Morgan fingerprint density at radius 3 is 2.10 bits per heavy atom. The number of hydrogen-bond acceptors (Lipinski definition) is 10. The predicted octanol–water partition coefficient (Wildman–Crippen LogP) is 7.09. The SMILES string of the molecule is COc1ccc(COc2cnc(Cn3nnnc3SCc3ccc(OC(C)=O)cc3)cc2OC(c2ccccc2)c2ccccc2)cc1. The number of thioether (sulfide) groups is 1. The molecule has 4 aromatic carbocycles. The molecule has 0 saturated heterocycles. The quantitative estimate of drug-likeness (QED) is 0.0683. The maximum Gasteiger partial charge on any atom is 0.308 e. The fourth-order valence-corrected chi connectivity index (χ4v) is 5.70. The van der Waals surface area contributed by atoms with Gasteiger partial charge in [0, 0.05) is 18.7 Å². The molecule has 10 nitrogen and oxygen atoms in total. The third kappa shape index (κ3) is 8.56. The van der Waals surface area contributed by atoms with Crippen molar-refractivity contribution >= 4 is 17.7 Å². The summed E-state index contributed by atoms with van der Waals surface area (Å²) in [6.07, 6.45) is 1.29. The zero-order valence-corrected chi connectivity index (χ0v) is 27.2. The molecule has 6 aromatic rings. The molecule has 0 aliphatic rings. The van der Waals surface area contributed by atoms with Crippen molar-refractivity contribution in [2.75, 3.05) is 7.11 Å². The molecule has 2 aromatic heterocycles. The largest absolute Gasteiger partial charge is 0.497 e. The molecular weight excluding hydrogens is 627 g/mol. The van der Waals surface area contributed by atoms with Gasteiger partial charge in [-0.25, -0.2) is 4.68 Å². The Hall–Kier alpha value is -5.68. The topological polar surface area (TPSA) is 110 Å². The van der Waals surface area contributed by atoms with Crippen LogP contribution in [0.15, 0.2) is 127 Å². The maximum atomic E-state index is 11.2. The van der Waals surface area contributed by atoms with Gasteiger partial charge in [0.1, 0.15) is 24.2 Å². The van der Waals surface area contributed by atoms with E-state index in [9.17, 15) is 4.79 Å². The van der Waals surface area contributed by atoms with E-state index in [1.807, 2.05) is 103 Å². The number of hydrogen-bond donors (Lipinski definition) is 0. The molecule has 0 N–H and O–H groups in total. The Labute approximate surface area is 282 Å². The minimum atomic E-state index is -0.391. The molecule has 0 saturated carbocycles. The van der Waals surface area contributed by atoms with Gasteiger partial charge in [0.25, 0.3) is 0 Å². The molecule has 242 valence electrons. The summed E-state index contributed by atoms with van der Waals surface area (Å²) >= 11 is 1.49. The molecule has 2 heterocycles. The molecule has 11 heteroatoms. The van der Waals surface area contributed by atoms with Crippen LogP contribution in [0.2, 0.25) is 0 Å². The summed E-state index contributed by atoms with van der Waals surface area (Å²) in [5, 5.41) is 13.0. The van der Waals surface area contributed by atoms with Crippen LogP contribution < -0.4 is 18.9 Å². The molecule has 0 radical (unpaired) electrons. The van der Waals surface area contributed by atoms with Crippen molar-refractivity contribution in [3.05, 3.63) is 149 Å². The third-order valence-corrected chi connectivity index (χ3v) is 8.28. The first-order valence-corrected chi connectivity index (χ1v) is 16.2. The number of pyridine rings is 1. The number of nitrogens with zero attached hydrogens (tertiary/aromatic N) is 5. The van der Waals surface area contributed by atoms with Gasteiger partial charge in [0.2, 0.25) is 5.16 Å². The Bertz CT molecular complexity index is 1880. The van der Waals surface area contributed by atoms with Crippen LogP contribution in [0.1, 0.15) is 41.0 Å². The van der Waals surface area contributed by atoms with E-state index in [2.05, 4.69) is 15.5 Å². The van der Waals surface area contributed by atoms with Gasteiger partial charge in [-0.05, 0) is 56.9 Å². The van der Waals surface area contributed by atoms with Crippen molar-refractivity contribution in [1.82, 2.24) is 25.2 Å². The van der Waals surface area contributed by atoms with E-state index >= 15 is 0 Å². The molecule has 0 aliphatic carbocycles. The molecule has 6 rings (SSSR count). The highest BCUT2D eigenvalue weighted by Crippen LogP contribution is 2.35. The van der Waals surface area contributed by atoms with E-state index in [4.69, 9.17) is 23.9 Å². The summed E-state index contributed by atoms with van der Waals surface area (Å²) in [5.41, 5.74) is 4.71. The summed E-state index contributed by atoms with van der Waals surface area (Å²) in [6.45, 7) is 2.01. The van der Waals surface area contributed by atoms with Gasteiger partial charge in [-0.15, -0.1) is 5.10 Å². The number of esters is 1. The van der Waals surface area contributed by atoms with Crippen LogP contribution in [0.4, 0.5) is 0 Å². The van der Waals surface area contributed by atoms with Gasteiger partial charge in [-0.3, -0.25) is 9.78 Å². The molecule has 0 aliphatic heterocycles. The number of carbonyl (C=O) groups excluding carboxylic acids is 1. The summed E-state index contributed by atoms with van der Waals surface area (Å²) in [5.74, 6) is 2.60. The average Bonchev–Trinajstić information content (AvgIpc) is 3.57. The number of benzene rings is 4. The van der Waals surface area contributed by atoms with Crippen molar-refractivity contribution in [2.45, 2.75) is 37.1 Å². The monoisotopic (exact) mass is 659 g/mol. The first-order chi connectivity index (χ1) is 23.5. The van der Waals surface area contributed by atoms with Crippen molar-refractivity contribution < 1.29 is 23.7 Å². The number of tetrazole rings is 1. The molecule has 0 bridgehead atoms. The first-order valence-electron chi connectivity index (χ1n) is 15.2. The zero-order valence-electron chi connectivity index (χ0n) is 26.4. The van der Waals surface area contributed by atoms with Crippen molar-refractivity contribution in [2.24, 2.45) is 0 Å². The fourth-order valence-electron chi connectivity index (χ4n) is 4.87. The smallest absolute Gasteiger partial charge is 0.308 e. The van der Waals surface area contributed by atoms with Crippen LogP contribution in [0, 0.1) is 0 Å². The Kier molecular flexibility index (Phi) is 10.6. The highest BCUT2D eigenvalue weighted by Gasteiger charge is 2.20. The van der Waals surface area contributed by atoms with E-state index in [0.29, 0.717) is 47.0 Å². The summed E-state index contributed by atoms with van der Waals surface area (Å²) < 4.78 is 25.2. The summed E-state index contributed by atoms with van der Waals surface area (Å²) in [6, 6.07) is 37.1. The van der Waals surface area contributed by atoms with Crippen LogP contribution in [0.25, 0.3) is 0 Å². The van der Waals surface area contributed by atoms with Crippen LogP contribution in [0.5, 0.6) is 23.0 Å². The summed E-state index contributed by atoms with van der Waals surface area (Å²) in [4.78, 5) is 15.9. The van der Waals surface area contributed by atoms with Crippen LogP contribution in [-0.2, 0) is 23.7 Å². The average molecular weight is 660 g/mol. The van der Waals surface area contributed by atoms with Gasteiger partial charge in [0.05, 0.1) is 25.5 Å². The van der Waals surface area contributed by atoms with Gasteiger partial charge in [0.15, 0.2) is 11.5 Å². The Morgan fingerprint density at radius 1 is 0.812 bits per heavy atom. The molecular formula is C37H33N5O5S. The molecule has 0 atom stereocenters. The minimum absolute atomic E-state index is 0.317. The van der Waals surface area contributed by atoms with E-state index < -0.39 is 6.10 Å². The van der Waals surface area contributed by atoms with E-state index in [1.54, 1.807) is 30.1 Å². The summed E-state index contributed by atoms with van der Waals surface area (Å²) in [7, 11) is 1.64. The Morgan fingerprint density at radius 2 is 1.46 bits per heavy atom. The second-order valence-electron chi connectivity index (χ2n) is 10.7. The van der Waals surface area contributed by atoms with Crippen LogP contribution in [-0.4, -0.2) is 38.3 Å². The minimum Gasteiger partial charge on any atom is -0.497 e. The van der Waals surface area contributed by atoms with Crippen molar-refractivity contribution in [3.63, 3.8) is 0 Å². The lowest BCUT2D eigenvalue weighted by Crippen LogP contribution is -2.12. The molecule has 0 amide bonds. The maximum absolute atomic E-state index is 11.2. The number of ether oxygens (including phenoxy) is 4. The first kappa shape index (κ1) is 32.3. The lowest BCUT2D eigenvalue weighted by Gasteiger charge is -2.22. The van der Waals surface area contributed by atoms with Gasteiger partial charge < -0.3 is 18.9 Å². The van der Waals surface area contributed by atoms with Crippen molar-refractivity contribution in [3.8, 4) is 23.0 Å². The third-order valence-electron chi connectivity index (χ3n) is 7.25. The normalized spacial score (nSPS) is 10.9. The number of carbonyl (C=O) groups is 1. The van der Waals surface area contributed by atoms with Crippen LogP contribution >= 0.6 is 11.8 Å². The standard InChI is InChI=1S/C37H33N5O5S/c1-26(43)46-33-19-15-28(16-20-33)25-48-37-39-40-41-42(37)23-31-21-34(35(22-38-31)45-24-27-13-17-32(44-2)18-14-27)47-36(29-9-5-3-6-10-29)30-11-7-4-8-12-30/h3-22,36H,23-25H2,1-2H3. The predicted molar refractivity (Wildman–Crippen MR) is 181 cm³/mol. The van der Waals surface area contributed by atoms with E-state index in [-0.39, 0.29) is 5.97 Å². The van der Waals surface area contributed by atoms with Gasteiger partial charge in [-0.2, -0.15) is 0 Å². The second kappa shape index (κ2) is 15.7. The highest BCUT2D eigenvalue weighted by molar-refractivity contribution is 7.98. The molecule has 0 spiro atoms. The lowest BCUT2D eigenvalue weighted by atomic mass is 10.0. The second-order valence-corrected chi connectivity index (χ2v) is 11.7. The van der Waals surface area contributed by atoms with Crippen molar-refractivity contribution in [1.29, 1.82) is 0 Å². The van der Waals surface area contributed by atoms with E-state index in [0.717, 1.165) is 28.0 Å². The highest BCUT2D eigenvalue weighted by atomic mass is 32.2.